The fourth-order valence-corrected chi connectivity index (χ4v) is 3.75. The molecule has 1 N–H and O–H groups in total. The minimum Gasteiger partial charge on any atom is -0.382 e. The number of rotatable bonds is 8. The zero-order chi connectivity index (χ0) is 15.7. The average molecular weight is 311 g/mol. The van der Waals surface area contributed by atoms with Crippen molar-refractivity contribution < 1.29 is 9.47 Å². The largest absolute Gasteiger partial charge is 0.382 e. The maximum absolute atomic E-state index is 5.48. The SMILES string of the molecule is CN=C(NCCCCOCCOC)N1CCC2(CCCC2)C1. The Kier molecular flexibility index (Phi) is 7.46. The molecule has 1 aliphatic heterocycles. The van der Waals surface area contributed by atoms with Crippen molar-refractivity contribution in [1.82, 2.24) is 10.2 Å². The second-order valence-corrected chi connectivity index (χ2v) is 6.66. The first-order valence-electron chi connectivity index (χ1n) is 8.82. The second-order valence-electron chi connectivity index (χ2n) is 6.66. The first kappa shape index (κ1) is 17.5. The van der Waals surface area contributed by atoms with E-state index in [0.29, 0.717) is 18.6 Å². The zero-order valence-corrected chi connectivity index (χ0v) is 14.4. The Morgan fingerprint density at radius 1 is 1.14 bits per heavy atom. The predicted octanol–water partition coefficient (Wildman–Crippen LogP) is 2.27. The van der Waals surface area contributed by atoms with E-state index in [0.717, 1.165) is 32.0 Å². The molecule has 0 bridgehead atoms. The lowest BCUT2D eigenvalue weighted by Gasteiger charge is -2.25. The number of methoxy groups -OCH3 is 1. The molecule has 22 heavy (non-hydrogen) atoms. The first-order chi connectivity index (χ1) is 10.8. The van der Waals surface area contributed by atoms with Crippen molar-refractivity contribution in [3.05, 3.63) is 0 Å². The molecule has 5 nitrogen and oxygen atoms in total. The van der Waals surface area contributed by atoms with Crippen LogP contribution in [0.15, 0.2) is 4.99 Å². The summed E-state index contributed by atoms with van der Waals surface area (Å²) in [5.41, 5.74) is 0.604. The molecule has 2 rings (SSSR count). The van der Waals surface area contributed by atoms with Crippen molar-refractivity contribution in [2.24, 2.45) is 10.4 Å². The number of nitrogens with one attached hydrogen (secondary N) is 1. The summed E-state index contributed by atoms with van der Waals surface area (Å²) in [4.78, 5) is 6.93. The molecular formula is C17H33N3O2. The molecule has 2 aliphatic rings. The molecule has 1 saturated heterocycles. The maximum Gasteiger partial charge on any atom is 0.193 e. The summed E-state index contributed by atoms with van der Waals surface area (Å²) >= 11 is 0. The second kappa shape index (κ2) is 9.36. The lowest BCUT2D eigenvalue weighted by Crippen LogP contribution is -2.41. The normalized spacial score (nSPS) is 21.0. The Hall–Kier alpha value is -0.810. The van der Waals surface area contributed by atoms with E-state index in [4.69, 9.17) is 9.47 Å². The summed E-state index contributed by atoms with van der Waals surface area (Å²) in [5, 5.41) is 3.52. The van der Waals surface area contributed by atoms with Gasteiger partial charge in [-0.2, -0.15) is 0 Å². The van der Waals surface area contributed by atoms with E-state index in [-0.39, 0.29) is 0 Å². The van der Waals surface area contributed by atoms with E-state index >= 15 is 0 Å². The standard InChI is InChI=1S/C17H33N3O2/c1-18-16(19-10-5-6-12-22-14-13-21-2)20-11-9-17(15-20)7-3-4-8-17/h3-15H2,1-2H3,(H,18,19). The third-order valence-electron chi connectivity index (χ3n) is 5.04. The molecule has 0 radical (unpaired) electrons. The van der Waals surface area contributed by atoms with Gasteiger partial charge in [0.15, 0.2) is 5.96 Å². The fraction of sp³-hybridized carbons (Fsp3) is 0.941. The molecule has 1 saturated carbocycles. The van der Waals surface area contributed by atoms with Gasteiger partial charge in [0, 0.05) is 40.4 Å². The van der Waals surface area contributed by atoms with Crippen LogP contribution in [0.25, 0.3) is 0 Å². The Morgan fingerprint density at radius 2 is 1.95 bits per heavy atom. The molecular weight excluding hydrogens is 278 g/mol. The minimum atomic E-state index is 0.604. The molecule has 0 aromatic rings. The first-order valence-corrected chi connectivity index (χ1v) is 8.82. The summed E-state index contributed by atoms with van der Waals surface area (Å²) in [7, 11) is 3.60. The highest BCUT2D eigenvalue weighted by atomic mass is 16.5. The number of nitrogens with zero attached hydrogens (tertiary/aromatic N) is 2. The van der Waals surface area contributed by atoms with Gasteiger partial charge in [0.1, 0.15) is 0 Å². The van der Waals surface area contributed by atoms with Gasteiger partial charge < -0.3 is 19.7 Å². The number of likely N-dealkylation sites (tertiary alicyclic amines) is 1. The number of aliphatic imine (C=N–C) groups is 1. The van der Waals surface area contributed by atoms with E-state index < -0.39 is 0 Å². The van der Waals surface area contributed by atoms with Crippen molar-refractivity contribution in [2.45, 2.75) is 44.9 Å². The smallest absolute Gasteiger partial charge is 0.193 e. The van der Waals surface area contributed by atoms with Crippen molar-refractivity contribution >= 4 is 5.96 Å². The zero-order valence-electron chi connectivity index (χ0n) is 14.4. The monoisotopic (exact) mass is 311 g/mol. The van der Waals surface area contributed by atoms with Gasteiger partial charge in [-0.1, -0.05) is 12.8 Å². The maximum atomic E-state index is 5.48. The topological polar surface area (TPSA) is 46.1 Å². The van der Waals surface area contributed by atoms with Gasteiger partial charge >= 0.3 is 0 Å². The van der Waals surface area contributed by atoms with E-state index in [9.17, 15) is 0 Å². The molecule has 0 aromatic carbocycles. The van der Waals surface area contributed by atoms with Crippen LogP contribution in [0.5, 0.6) is 0 Å². The van der Waals surface area contributed by atoms with Gasteiger partial charge in [-0.25, -0.2) is 0 Å². The third-order valence-corrected chi connectivity index (χ3v) is 5.04. The summed E-state index contributed by atoms with van der Waals surface area (Å²) < 4.78 is 10.4. The molecule has 0 unspecified atom stereocenters. The van der Waals surface area contributed by atoms with Gasteiger partial charge in [0.25, 0.3) is 0 Å². The number of unbranched alkanes of at least 4 members (excludes halogenated alkanes) is 1. The van der Waals surface area contributed by atoms with E-state index in [1.54, 1.807) is 7.11 Å². The van der Waals surface area contributed by atoms with Crippen LogP contribution in [0.3, 0.4) is 0 Å². The summed E-state index contributed by atoms with van der Waals surface area (Å²) in [6, 6.07) is 0. The van der Waals surface area contributed by atoms with Crippen molar-refractivity contribution in [3.63, 3.8) is 0 Å². The van der Waals surface area contributed by atoms with E-state index in [1.807, 2.05) is 7.05 Å². The van der Waals surface area contributed by atoms with Gasteiger partial charge in [-0.15, -0.1) is 0 Å². The minimum absolute atomic E-state index is 0.604. The van der Waals surface area contributed by atoms with Gasteiger partial charge in [0.2, 0.25) is 0 Å². The third kappa shape index (κ3) is 5.13. The van der Waals surface area contributed by atoms with Crippen LogP contribution in [0.1, 0.15) is 44.9 Å². The molecule has 1 spiro atoms. The fourth-order valence-electron chi connectivity index (χ4n) is 3.75. The van der Waals surface area contributed by atoms with Gasteiger partial charge in [-0.3, -0.25) is 4.99 Å². The molecule has 1 heterocycles. The Morgan fingerprint density at radius 3 is 2.68 bits per heavy atom. The number of guanidine groups is 1. The highest BCUT2D eigenvalue weighted by Crippen LogP contribution is 2.45. The molecule has 0 aromatic heterocycles. The van der Waals surface area contributed by atoms with Gasteiger partial charge in [-0.05, 0) is 37.5 Å². The lowest BCUT2D eigenvalue weighted by molar-refractivity contribution is 0.0689. The van der Waals surface area contributed by atoms with Crippen LogP contribution in [-0.2, 0) is 9.47 Å². The van der Waals surface area contributed by atoms with Crippen LogP contribution in [0.4, 0.5) is 0 Å². The number of hydrogen-bond acceptors (Lipinski definition) is 3. The number of hydrogen-bond donors (Lipinski definition) is 1. The Balaban J connectivity index is 1.58. The van der Waals surface area contributed by atoms with Crippen molar-refractivity contribution in [1.29, 1.82) is 0 Å². The predicted molar refractivity (Wildman–Crippen MR) is 90.4 cm³/mol. The molecule has 128 valence electrons. The van der Waals surface area contributed by atoms with E-state index in [2.05, 4.69) is 15.2 Å². The summed E-state index contributed by atoms with van der Waals surface area (Å²) in [5.74, 6) is 1.09. The Bertz CT molecular complexity index is 341. The highest BCUT2D eigenvalue weighted by molar-refractivity contribution is 5.80. The van der Waals surface area contributed by atoms with Crippen LogP contribution in [-0.4, -0.2) is 64.5 Å². The van der Waals surface area contributed by atoms with Crippen LogP contribution >= 0.6 is 0 Å². The van der Waals surface area contributed by atoms with Crippen LogP contribution in [0.2, 0.25) is 0 Å². The molecule has 1 aliphatic carbocycles. The number of ether oxygens (including phenoxy) is 2. The summed E-state index contributed by atoms with van der Waals surface area (Å²) in [6.45, 7) is 5.54. The summed E-state index contributed by atoms with van der Waals surface area (Å²) in [6.07, 6.45) is 9.22. The quantitative estimate of drug-likeness (QED) is 0.424. The van der Waals surface area contributed by atoms with Crippen LogP contribution in [0, 0.1) is 5.41 Å². The molecule has 0 amide bonds. The van der Waals surface area contributed by atoms with E-state index in [1.165, 1.54) is 45.2 Å². The van der Waals surface area contributed by atoms with Crippen molar-refractivity contribution in [3.8, 4) is 0 Å². The van der Waals surface area contributed by atoms with Gasteiger partial charge in [0.05, 0.1) is 13.2 Å². The molecule has 0 atom stereocenters. The lowest BCUT2D eigenvalue weighted by atomic mass is 9.86. The Labute approximate surface area is 135 Å². The molecule has 5 heteroatoms. The molecule has 2 fully saturated rings. The van der Waals surface area contributed by atoms with Crippen molar-refractivity contribution in [2.75, 3.05) is 53.6 Å². The average Bonchev–Trinajstić information content (AvgIpc) is 3.16. The van der Waals surface area contributed by atoms with Crippen LogP contribution < -0.4 is 5.32 Å². The highest BCUT2D eigenvalue weighted by Gasteiger charge is 2.40.